The number of carbonyl (C=O) groups is 1. The topological polar surface area (TPSA) is 85.8 Å². The van der Waals surface area contributed by atoms with Gasteiger partial charge < -0.3 is 15.4 Å². The maximum absolute atomic E-state index is 14.7. The highest BCUT2D eigenvalue weighted by Gasteiger charge is 2.42. The minimum Gasteiger partial charge on any atom is -0.382 e. The Balaban J connectivity index is 1.87. The number of carbonyl (C=O) groups excluding carboxylic acids is 1. The van der Waals surface area contributed by atoms with Crippen molar-refractivity contribution in [1.82, 2.24) is 14.6 Å². The number of ether oxygens (including phenoxy) is 1. The van der Waals surface area contributed by atoms with Crippen LogP contribution in [0.3, 0.4) is 0 Å². The number of rotatable bonds is 2. The maximum atomic E-state index is 14.7. The van der Waals surface area contributed by atoms with Crippen LogP contribution in [0.1, 0.15) is 20.8 Å². The number of nitrogens with zero attached hydrogens (tertiary/aromatic N) is 4. The molecule has 3 aromatic rings. The summed E-state index contributed by atoms with van der Waals surface area (Å²) in [7, 11) is 0. The third kappa shape index (κ3) is 2.80. The quantitative estimate of drug-likeness (QED) is 0.709. The lowest BCUT2D eigenvalue weighted by Crippen LogP contribution is -2.58. The van der Waals surface area contributed by atoms with E-state index in [9.17, 15) is 9.18 Å². The van der Waals surface area contributed by atoms with Crippen LogP contribution in [0.2, 0.25) is 5.02 Å². The van der Waals surface area contributed by atoms with E-state index in [1.54, 1.807) is 36.6 Å². The first-order chi connectivity index (χ1) is 13.2. The minimum atomic E-state index is -1.03. The van der Waals surface area contributed by atoms with Crippen LogP contribution in [0, 0.1) is 5.82 Å². The van der Waals surface area contributed by atoms with E-state index < -0.39 is 11.4 Å². The van der Waals surface area contributed by atoms with Crippen molar-refractivity contribution in [3.63, 3.8) is 0 Å². The number of benzene rings is 1. The molecule has 1 unspecified atom stereocenters. The fourth-order valence-electron chi connectivity index (χ4n) is 3.39. The Labute approximate surface area is 165 Å². The van der Waals surface area contributed by atoms with E-state index in [-0.39, 0.29) is 23.5 Å². The number of nitrogen functional groups attached to an aromatic ring is 1. The zero-order valence-electron chi connectivity index (χ0n) is 15.6. The average molecular weight is 404 g/mol. The number of morpholine rings is 1. The summed E-state index contributed by atoms with van der Waals surface area (Å²) >= 11 is 6.30. The fraction of sp³-hybridized carbons (Fsp3) is 0.316. The molecular weight excluding hydrogens is 385 g/mol. The molecule has 1 aromatic carbocycles. The Kier molecular flexibility index (Phi) is 4.28. The molecule has 0 radical (unpaired) electrons. The highest BCUT2D eigenvalue weighted by Crippen LogP contribution is 2.35. The summed E-state index contributed by atoms with van der Waals surface area (Å²) in [5, 5.41) is 4.59. The minimum absolute atomic E-state index is 0.180. The van der Waals surface area contributed by atoms with E-state index in [0.29, 0.717) is 28.4 Å². The van der Waals surface area contributed by atoms with Gasteiger partial charge in [0, 0.05) is 5.56 Å². The number of aromatic nitrogens is 3. The van der Waals surface area contributed by atoms with Crippen LogP contribution in [0.4, 0.5) is 15.9 Å². The van der Waals surface area contributed by atoms with E-state index >= 15 is 0 Å². The summed E-state index contributed by atoms with van der Waals surface area (Å²) in [5.74, 6) is -0.554. The zero-order chi connectivity index (χ0) is 20.2. The van der Waals surface area contributed by atoms with E-state index in [4.69, 9.17) is 22.1 Å². The average Bonchev–Trinajstić information content (AvgIpc) is 2.99. The molecule has 0 bridgehead atoms. The number of hydrogen-bond acceptors (Lipinski definition) is 5. The van der Waals surface area contributed by atoms with Crippen molar-refractivity contribution in [1.29, 1.82) is 0 Å². The maximum Gasteiger partial charge on any atom is 0.259 e. The first-order valence-electron chi connectivity index (χ1n) is 8.76. The molecular formula is C19H19ClFN5O2. The Bertz CT molecular complexity index is 1100. The number of fused-ring (bicyclic) bond motifs is 1. The van der Waals surface area contributed by atoms with Gasteiger partial charge in [-0.1, -0.05) is 11.6 Å². The summed E-state index contributed by atoms with van der Waals surface area (Å²) in [5.41, 5.74) is 6.78. The molecule has 146 valence electrons. The highest BCUT2D eigenvalue weighted by molar-refractivity contribution is 6.35. The molecule has 1 aliphatic rings. The molecule has 1 fully saturated rings. The summed E-state index contributed by atoms with van der Waals surface area (Å²) in [6.45, 7) is 5.48. The van der Waals surface area contributed by atoms with Gasteiger partial charge in [0.1, 0.15) is 23.3 Å². The number of anilines is 2. The third-order valence-corrected chi connectivity index (χ3v) is 5.19. The monoisotopic (exact) mass is 403 g/mol. The van der Waals surface area contributed by atoms with E-state index in [2.05, 4.69) is 10.1 Å². The van der Waals surface area contributed by atoms with Crippen molar-refractivity contribution in [2.45, 2.75) is 32.4 Å². The summed E-state index contributed by atoms with van der Waals surface area (Å²) in [6.07, 6.45) is 1.32. The van der Waals surface area contributed by atoms with Crippen molar-refractivity contribution >= 4 is 34.5 Å². The second-order valence-corrected chi connectivity index (χ2v) is 7.70. The lowest BCUT2D eigenvalue weighted by atomic mass is 10.0. The van der Waals surface area contributed by atoms with Crippen molar-refractivity contribution in [3.8, 4) is 11.3 Å². The fourth-order valence-corrected chi connectivity index (χ4v) is 3.67. The molecule has 2 N–H and O–H groups in total. The molecule has 1 atom stereocenters. The van der Waals surface area contributed by atoms with Crippen LogP contribution in [-0.4, -0.2) is 38.8 Å². The van der Waals surface area contributed by atoms with Crippen LogP contribution < -0.4 is 10.6 Å². The first kappa shape index (κ1) is 18.6. The van der Waals surface area contributed by atoms with E-state index in [1.807, 2.05) is 6.92 Å². The molecule has 7 nitrogen and oxygen atoms in total. The van der Waals surface area contributed by atoms with Gasteiger partial charge in [0.2, 0.25) is 0 Å². The molecule has 0 aliphatic carbocycles. The standard InChI is InChI=1S/C19H19ClFN5O2/c1-10-8-28-19(2,3)18(27)25(10)15-6-11(4-5-13(15)21)14-7-12(20)16-17(22)23-9-24-26(14)16/h4-7,9-10H,8H2,1-3H3,(H2,22,23,24). The normalized spacial score (nSPS) is 19.4. The molecule has 9 heteroatoms. The van der Waals surface area contributed by atoms with Gasteiger partial charge in [-0.2, -0.15) is 5.10 Å². The second-order valence-electron chi connectivity index (χ2n) is 7.29. The number of halogens is 2. The third-order valence-electron chi connectivity index (χ3n) is 4.90. The van der Waals surface area contributed by atoms with Gasteiger partial charge in [0.05, 0.1) is 29.1 Å². The molecule has 2 aromatic heterocycles. The van der Waals surface area contributed by atoms with Gasteiger partial charge >= 0.3 is 0 Å². The van der Waals surface area contributed by atoms with Crippen LogP contribution in [0.25, 0.3) is 16.8 Å². The van der Waals surface area contributed by atoms with Crippen molar-refractivity contribution in [2.75, 3.05) is 17.2 Å². The first-order valence-corrected chi connectivity index (χ1v) is 9.14. The molecule has 0 spiro atoms. The lowest BCUT2D eigenvalue weighted by Gasteiger charge is -2.41. The zero-order valence-corrected chi connectivity index (χ0v) is 16.4. The van der Waals surface area contributed by atoms with Crippen LogP contribution in [0.5, 0.6) is 0 Å². The van der Waals surface area contributed by atoms with Crippen LogP contribution >= 0.6 is 11.6 Å². The Morgan fingerprint density at radius 2 is 2.11 bits per heavy atom. The van der Waals surface area contributed by atoms with E-state index in [0.717, 1.165) is 0 Å². The van der Waals surface area contributed by atoms with Gasteiger partial charge in [-0.15, -0.1) is 0 Å². The molecule has 1 saturated heterocycles. The Morgan fingerprint density at radius 1 is 1.36 bits per heavy atom. The highest BCUT2D eigenvalue weighted by atomic mass is 35.5. The Hall–Kier alpha value is -2.71. The lowest BCUT2D eigenvalue weighted by molar-refractivity contribution is -0.147. The second kappa shape index (κ2) is 6.42. The van der Waals surface area contributed by atoms with Gasteiger partial charge in [0.25, 0.3) is 5.91 Å². The SMILES string of the molecule is CC1COC(C)(C)C(=O)N1c1cc(-c2cc(Cl)c3c(N)ncnn23)ccc1F. The molecule has 28 heavy (non-hydrogen) atoms. The van der Waals surface area contributed by atoms with Gasteiger partial charge in [-0.05, 0) is 45.0 Å². The summed E-state index contributed by atoms with van der Waals surface area (Å²) in [4.78, 5) is 18.3. The van der Waals surface area contributed by atoms with Gasteiger partial charge in [-0.3, -0.25) is 4.79 Å². The van der Waals surface area contributed by atoms with Crippen molar-refractivity contribution < 1.29 is 13.9 Å². The predicted octanol–water partition coefficient (Wildman–Crippen LogP) is 3.30. The van der Waals surface area contributed by atoms with E-state index in [1.165, 1.54) is 17.3 Å². The largest absolute Gasteiger partial charge is 0.382 e. The molecule has 4 rings (SSSR count). The number of nitrogens with two attached hydrogens (primary N) is 1. The smallest absolute Gasteiger partial charge is 0.259 e. The van der Waals surface area contributed by atoms with Crippen LogP contribution in [-0.2, 0) is 9.53 Å². The predicted molar refractivity (Wildman–Crippen MR) is 105 cm³/mol. The summed E-state index contributed by atoms with van der Waals surface area (Å²) < 4.78 is 21.9. The Morgan fingerprint density at radius 3 is 2.86 bits per heavy atom. The molecule has 1 amide bonds. The molecule has 0 saturated carbocycles. The van der Waals surface area contributed by atoms with Crippen molar-refractivity contribution in [3.05, 3.63) is 41.4 Å². The molecule has 1 aliphatic heterocycles. The summed E-state index contributed by atoms with van der Waals surface area (Å²) in [6, 6.07) is 5.92. The number of hydrogen-bond donors (Lipinski definition) is 1. The van der Waals surface area contributed by atoms with Crippen molar-refractivity contribution in [2.24, 2.45) is 0 Å². The van der Waals surface area contributed by atoms with Gasteiger partial charge in [0.15, 0.2) is 5.82 Å². The van der Waals surface area contributed by atoms with Gasteiger partial charge in [-0.25, -0.2) is 13.9 Å². The number of amides is 1. The van der Waals surface area contributed by atoms with Crippen LogP contribution in [0.15, 0.2) is 30.6 Å². The molecule has 3 heterocycles.